The molecule has 6 aromatic carbocycles. The number of halogens is 2. The van der Waals surface area contributed by atoms with E-state index in [4.69, 9.17) is 37.6 Å². The first-order chi connectivity index (χ1) is 26.3. The van der Waals surface area contributed by atoms with Gasteiger partial charge in [-0.2, -0.15) is 0 Å². The number of esters is 1. The van der Waals surface area contributed by atoms with Crippen LogP contribution in [0.2, 0.25) is 10.0 Å². The molecule has 0 aliphatic carbocycles. The highest BCUT2D eigenvalue weighted by atomic mass is 35.5. The molecule has 1 N–H and O–H groups in total. The molecule has 2 aliphatic rings. The molecule has 8 rings (SSSR count). The molecule has 0 bridgehead atoms. The molecule has 8 nitrogen and oxygen atoms in total. The molecule has 0 aromatic heterocycles. The minimum atomic E-state index is -0.943. The van der Waals surface area contributed by atoms with Crippen molar-refractivity contribution in [2.75, 3.05) is 7.11 Å². The van der Waals surface area contributed by atoms with Crippen LogP contribution in [0, 0.1) is 13.8 Å². The summed E-state index contributed by atoms with van der Waals surface area (Å²) < 4.78 is 4.92. The van der Waals surface area contributed by atoms with Gasteiger partial charge in [0.25, 0.3) is 0 Å². The molecule has 2 atom stereocenters. The number of carbonyl (C=O) groups excluding carboxylic acids is 1. The minimum Gasteiger partial charge on any atom is -0.478 e. The number of aromatic carboxylic acids is 1. The van der Waals surface area contributed by atoms with Gasteiger partial charge in [-0.25, -0.2) is 9.59 Å². The molecule has 0 saturated carbocycles. The molecule has 0 fully saturated rings. The highest BCUT2D eigenvalue weighted by molar-refractivity contribution is 6.31. The van der Waals surface area contributed by atoms with Gasteiger partial charge in [-0.3, -0.25) is 0 Å². The van der Waals surface area contributed by atoms with Gasteiger partial charge >= 0.3 is 11.9 Å². The Morgan fingerprint density at radius 2 is 1.05 bits per heavy atom. The van der Waals surface area contributed by atoms with Crippen molar-refractivity contribution in [3.8, 4) is 0 Å². The second-order valence-corrected chi connectivity index (χ2v) is 15.2. The molecule has 2 unspecified atom stereocenters. The smallest absolute Gasteiger partial charge is 0.338 e. The number of carbonyl (C=O) groups is 2. The lowest BCUT2D eigenvalue weighted by Crippen LogP contribution is -2.22. The molecular weight excluding hydrogens is 735 g/mol. The SMILES string of the molecule is COC(=O)c1ccc(C2=NOC(C)(c3cc(C)cc(Cl)c3)C2)c2ccccc12.Cc1cc(Cl)cc(C2(C)CC(c3ccc(C(=O)O)c4ccccc34)=NO2)c1. The number of nitrogens with zero attached hydrogens (tertiary/aromatic N) is 2. The van der Waals surface area contributed by atoms with Gasteiger partial charge in [0.05, 0.1) is 29.7 Å². The number of benzene rings is 6. The molecule has 278 valence electrons. The number of oxime groups is 2. The molecule has 2 heterocycles. The number of rotatable bonds is 6. The third-order valence-corrected chi connectivity index (χ3v) is 10.6. The molecule has 0 amide bonds. The van der Waals surface area contributed by atoms with E-state index in [-0.39, 0.29) is 11.5 Å². The molecule has 0 saturated heterocycles. The third-order valence-electron chi connectivity index (χ3n) is 10.1. The zero-order valence-electron chi connectivity index (χ0n) is 30.9. The third kappa shape index (κ3) is 7.40. The summed E-state index contributed by atoms with van der Waals surface area (Å²) in [7, 11) is 1.39. The van der Waals surface area contributed by atoms with Crippen molar-refractivity contribution in [1.29, 1.82) is 0 Å². The lowest BCUT2D eigenvalue weighted by atomic mass is 9.87. The highest BCUT2D eigenvalue weighted by Gasteiger charge is 2.39. The van der Waals surface area contributed by atoms with Crippen LogP contribution >= 0.6 is 23.2 Å². The standard InChI is InChI=1S/C23H20ClNO3.C22H18ClNO3/c1-14-10-15(12-16(24)11-14)23(2)13-21(25-28-23)19-8-9-20(22(26)27-3)18-7-5-4-6-17(18)19;1-13-9-14(11-15(23)10-13)22(2)12-20(24-27-22)18-7-8-19(21(25)26)17-6-4-3-5-16(17)18/h4-12H,13H2,1-3H3;3-11H,12H2,1-2H3,(H,25,26). The summed E-state index contributed by atoms with van der Waals surface area (Å²) in [6.07, 6.45) is 1.18. The average Bonchev–Trinajstić information content (AvgIpc) is 3.77. The average molecular weight is 774 g/mol. The van der Waals surface area contributed by atoms with Crippen molar-refractivity contribution >= 4 is 68.1 Å². The van der Waals surface area contributed by atoms with Crippen molar-refractivity contribution < 1.29 is 29.1 Å². The van der Waals surface area contributed by atoms with Crippen LogP contribution in [-0.4, -0.2) is 35.6 Å². The first-order valence-corrected chi connectivity index (χ1v) is 18.5. The maximum atomic E-state index is 12.1. The maximum absolute atomic E-state index is 12.1. The molecule has 0 radical (unpaired) electrons. The number of aryl methyl sites for hydroxylation is 2. The van der Waals surface area contributed by atoms with E-state index in [0.717, 1.165) is 61.0 Å². The lowest BCUT2D eigenvalue weighted by Gasteiger charge is -2.22. The van der Waals surface area contributed by atoms with Gasteiger partial charge in [0.2, 0.25) is 0 Å². The van der Waals surface area contributed by atoms with Crippen LogP contribution < -0.4 is 0 Å². The van der Waals surface area contributed by atoms with Crippen molar-refractivity contribution in [2.45, 2.75) is 51.7 Å². The predicted octanol–water partition coefficient (Wildman–Crippen LogP) is 11.2. The van der Waals surface area contributed by atoms with Crippen molar-refractivity contribution in [2.24, 2.45) is 10.3 Å². The fraction of sp³-hybridized carbons (Fsp3) is 0.200. The summed E-state index contributed by atoms with van der Waals surface area (Å²) in [5.74, 6) is -1.30. The van der Waals surface area contributed by atoms with E-state index in [1.807, 2.05) is 113 Å². The van der Waals surface area contributed by atoms with Crippen LogP contribution in [0.4, 0.5) is 0 Å². The fourth-order valence-electron chi connectivity index (χ4n) is 7.34. The summed E-state index contributed by atoms with van der Waals surface area (Å²) in [5.41, 5.74) is 7.19. The Kier molecular flexibility index (Phi) is 10.2. The monoisotopic (exact) mass is 772 g/mol. The quantitative estimate of drug-likeness (QED) is 0.169. The Morgan fingerprint density at radius 1 is 0.636 bits per heavy atom. The Hall–Kier alpha value is -5.70. The van der Waals surface area contributed by atoms with Crippen molar-refractivity contribution in [3.63, 3.8) is 0 Å². The van der Waals surface area contributed by atoms with Crippen LogP contribution in [0.15, 0.2) is 120 Å². The van der Waals surface area contributed by atoms with E-state index in [1.165, 1.54) is 7.11 Å². The number of hydrogen-bond acceptors (Lipinski definition) is 7. The molecule has 55 heavy (non-hydrogen) atoms. The van der Waals surface area contributed by atoms with Crippen LogP contribution in [0.5, 0.6) is 0 Å². The van der Waals surface area contributed by atoms with E-state index in [9.17, 15) is 14.7 Å². The van der Waals surface area contributed by atoms with Gasteiger partial charge in [0.15, 0.2) is 11.2 Å². The van der Waals surface area contributed by atoms with Gasteiger partial charge in [-0.05, 0) is 108 Å². The largest absolute Gasteiger partial charge is 0.478 e. The number of hydrogen-bond donors (Lipinski definition) is 1. The summed E-state index contributed by atoms with van der Waals surface area (Å²) in [6, 6.07) is 34.1. The Bertz CT molecular complexity index is 2540. The van der Waals surface area contributed by atoms with Crippen molar-refractivity contribution in [3.05, 3.63) is 164 Å². The van der Waals surface area contributed by atoms with Gasteiger partial charge < -0.3 is 19.5 Å². The first kappa shape index (κ1) is 37.6. The van der Waals surface area contributed by atoms with Crippen LogP contribution in [0.25, 0.3) is 21.5 Å². The zero-order chi connectivity index (χ0) is 39.1. The minimum absolute atomic E-state index is 0.280. The first-order valence-electron chi connectivity index (χ1n) is 17.7. The number of ether oxygens (including phenoxy) is 1. The molecule has 0 spiro atoms. The molecule has 6 aromatic rings. The highest BCUT2D eigenvalue weighted by Crippen LogP contribution is 2.40. The predicted molar refractivity (Wildman–Crippen MR) is 218 cm³/mol. The van der Waals surface area contributed by atoms with E-state index < -0.39 is 17.2 Å². The Balaban J connectivity index is 0.000000169. The second-order valence-electron chi connectivity index (χ2n) is 14.3. The van der Waals surface area contributed by atoms with Crippen LogP contribution in [-0.2, 0) is 25.6 Å². The van der Waals surface area contributed by atoms with Crippen molar-refractivity contribution in [1.82, 2.24) is 0 Å². The lowest BCUT2D eigenvalue weighted by molar-refractivity contribution is -0.00759. The second kappa shape index (κ2) is 14.9. The van der Waals surface area contributed by atoms with Gasteiger partial charge in [-0.15, -0.1) is 0 Å². The number of carboxylic acid groups (broad SMARTS) is 1. The molecular formula is C45H38Cl2N2O6. The summed E-state index contributed by atoms with van der Waals surface area (Å²) in [6.45, 7) is 8.00. The van der Waals surface area contributed by atoms with Gasteiger partial charge in [0.1, 0.15) is 0 Å². The zero-order valence-corrected chi connectivity index (χ0v) is 32.5. The normalized spacial score (nSPS) is 18.8. The summed E-state index contributed by atoms with van der Waals surface area (Å²) >= 11 is 12.5. The van der Waals surface area contributed by atoms with Gasteiger partial charge in [-0.1, -0.05) is 106 Å². The summed E-state index contributed by atoms with van der Waals surface area (Å²) in [5, 5.41) is 22.9. The summed E-state index contributed by atoms with van der Waals surface area (Å²) in [4.78, 5) is 35.4. The van der Waals surface area contributed by atoms with E-state index in [1.54, 1.807) is 12.1 Å². The van der Waals surface area contributed by atoms with E-state index in [0.29, 0.717) is 33.8 Å². The topological polar surface area (TPSA) is 107 Å². The number of carboxylic acids is 1. The van der Waals surface area contributed by atoms with Crippen LogP contribution in [0.3, 0.4) is 0 Å². The van der Waals surface area contributed by atoms with E-state index in [2.05, 4.69) is 22.4 Å². The van der Waals surface area contributed by atoms with Crippen LogP contribution in [0.1, 0.15) is 80.8 Å². The number of fused-ring (bicyclic) bond motifs is 2. The maximum Gasteiger partial charge on any atom is 0.338 e. The van der Waals surface area contributed by atoms with Gasteiger partial charge in [0, 0.05) is 34.0 Å². The Morgan fingerprint density at radius 3 is 1.47 bits per heavy atom. The fourth-order valence-corrected chi connectivity index (χ4v) is 7.92. The molecule has 10 heteroatoms. The Labute approximate surface area is 328 Å². The molecule has 2 aliphatic heterocycles. The number of methoxy groups -OCH3 is 1. The van der Waals surface area contributed by atoms with E-state index >= 15 is 0 Å².